The first-order valence-electron chi connectivity index (χ1n) is 5.52. The minimum Gasteiger partial charge on any atom is -0.478 e. The zero-order valence-electron chi connectivity index (χ0n) is 10.0. The molecule has 0 atom stereocenters. The standard InChI is InChI=1S/C13H9BrN2O4/c14-8-4-6-9(7-5-8)15-12-10(13(17)18)2-1-3-11(12)16(19)20/h1-7,15H,(H,17,18). The number of nitrogens with one attached hydrogen (secondary N) is 1. The summed E-state index contributed by atoms with van der Waals surface area (Å²) in [4.78, 5) is 21.6. The van der Waals surface area contributed by atoms with Gasteiger partial charge in [0.15, 0.2) is 0 Å². The van der Waals surface area contributed by atoms with Crippen molar-refractivity contribution in [3.8, 4) is 0 Å². The quantitative estimate of drug-likeness (QED) is 0.654. The summed E-state index contributed by atoms with van der Waals surface area (Å²) in [6.45, 7) is 0. The van der Waals surface area contributed by atoms with Gasteiger partial charge in [-0.25, -0.2) is 4.79 Å². The lowest BCUT2D eigenvalue weighted by atomic mass is 10.1. The number of hydrogen-bond donors (Lipinski definition) is 2. The summed E-state index contributed by atoms with van der Waals surface area (Å²) in [5.74, 6) is -1.23. The minimum absolute atomic E-state index is 0.0349. The second-order valence-electron chi connectivity index (χ2n) is 3.89. The van der Waals surface area contributed by atoms with Crippen molar-refractivity contribution in [2.24, 2.45) is 0 Å². The number of rotatable bonds is 4. The topological polar surface area (TPSA) is 92.5 Å². The van der Waals surface area contributed by atoms with Crippen molar-refractivity contribution in [1.29, 1.82) is 0 Å². The van der Waals surface area contributed by atoms with E-state index in [0.29, 0.717) is 5.69 Å². The van der Waals surface area contributed by atoms with E-state index in [9.17, 15) is 14.9 Å². The van der Waals surface area contributed by atoms with Gasteiger partial charge < -0.3 is 10.4 Å². The summed E-state index contributed by atoms with van der Waals surface area (Å²) in [5, 5.41) is 22.9. The number of anilines is 2. The molecule has 0 aromatic heterocycles. The van der Waals surface area contributed by atoms with Crippen molar-refractivity contribution in [2.45, 2.75) is 0 Å². The second kappa shape index (κ2) is 5.70. The molecule has 0 saturated heterocycles. The number of benzene rings is 2. The predicted molar refractivity (Wildman–Crippen MR) is 77.5 cm³/mol. The molecule has 102 valence electrons. The van der Waals surface area contributed by atoms with Crippen molar-refractivity contribution in [3.05, 3.63) is 62.6 Å². The Hall–Kier alpha value is -2.41. The van der Waals surface area contributed by atoms with Crippen LogP contribution < -0.4 is 5.32 Å². The molecular formula is C13H9BrN2O4. The van der Waals surface area contributed by atoms with Gasteiger partial charge in [-0.15, -0.1) is 0 Å². The number of aromatic carboxylic acids is 1. The molecule has 0 bridgehead atoms. The minimum atomic E-state index is -1.23. The molecule has 2 rings (SSSR count). The predicted octanol–water partition coefficient (Wildman–Crippen LogP) is 3.80. The number of nitro groups is 1. The van der Waals surface area contributed by atoms with Crippen molar-refractivity contribution in [2.75, 3.05) is 5.32 Å². The fraction of sp³-hybridized carbons (Fsp3) is 0. The van der Waals surface area contributed by atoms with E-state index in [1.54, 1.807) is 24.3 Å². The van der Waals surface area contributed by atoms with Crippen LogP contribution in [0.25, 0.3) is 0 Å². The van der Waals surface area contributed by atoms with Crippen LogP contribution in [-0.4, -0.2) is 16.0 Å². The number of carboxylic acid groups (broad SMARTS) is 1. The Morgan fingerprint density at radius 1 is 1.20 bits per heavy atom. The van der Waals surface area contributed by atoms with Crippen LogP contribution in [0.2, 0.25) is 0 Å². The Labute approximate surface area is 122 Å². The van der Waals surface area contributed by atoms with E-state index in [-0.39, 0.29) is 16.9 Å². The molecule has 2 aromatic carbocycles. The summed E-state index contributed by atoms with van der Waals surface area (Å²) < 4.78 is 0.851. The molecule has 2 aromatic rings. The first kappa shape index (κ1) is 14.0. The van der Waals surface area contributed by atoms with Crippen LogP contribution in [0, 0.1) is 10.1 Å². The Morgan fingerprint density at radius 2 is 1.85 bits per heavy atom. The van der Waals surface area contributed by atoms with Gasteiger partial charge in [-0.05, 0) is 30.3 Å². The van der Waals surface area contributed by atoms with Gasteiger partial charge in [-0.1, -0.05) is 22.0 Å². The highest BCUT2D eigenvalue weighted by Crippen LogP contribution is 2.31. The molecule has 0 aliphatic carbocycles. The molecule has 0 unspecified atom stereocenters. The van der Waals surface area contributed by atoms with E-state index in [4.69, 9.17) is 5.11 Å². The highest BCUT2D eigenvalue weighted by Gasteiger charge is 2.21. The molecule has 0 spiro atoms. The van der Waals surface area contributed by atoms with Gasteiger partial charge in [-0.2, -0.15) is 0 Å². The van der Waals surface area contributed by atoms with Crippen molar-refractivity contribution >= 4 is 39.0 Å². The fourth-order valence-corrected chi connectivity index (χ4v) is 1.94. The summed E-state index contributed by atoms with van der Waals surface area (Å²) in [5.41, 5.74) is 0.0901. The van der Waals surface area contributed by atoms with Gasteiger partial charge in [0.25, 0.3) is 5.69 Å². The molecule has 6 nitrogen and oxygen atoms in total. The lowest BCUT2D eigenvalue weighted by Crippen LogP contribution is -2.05. The maximum absolute atomic E-state index is 11.2. The van der Waals surface area contributed by atoms with Gasteiger partial charge in [0.2, 0.25) is 0 Å². The Balaban J connectivity index is 2.50. The summed E-state index contributed by atoms with van der Waals surface area (Å²) >= 11 is 3.28. The first-order chi connectivity index (χ1) is 9.49. The van der Waals surface area contributed by atoms with Gasteiger partial charge in [0.1, 0.15) is 5.69 Å². The van der Waals surface area contributed by atoms with E-state index >= 15 is 0 Å². The summed E-state index contributed by atoms with van der Waals surface area (Å²) in [6.07, 6.45) is 0. The SMILES string of the molecule is O=C(O)c1cccc([N+](=O)[O-])c1Nc1ccc(Br)cc1. The summed E-state index contributed by atoms with van der Waals surface area (Å²) in [6, 6.07) is 10.8. The van der Waals surface area contributed by atoms with Crippen molar-refractivity contribution in [1.82, 2.24) is 0 Å². The molecule has 20 heavy (non-hydrogen) atoms. The van der Waals surface area contributed by atoms with Crippen LogP contribution in [0.15, 0.2) is 46.9 Å². The molecule has 0 radical (unpaired) electrons. The molecule has 7 heteroatoms. The van der Waals surface area contributed by atoms with E-state index in [1.807, 2.05) is 0 Å². The third-order valence-electron chi connectivity index (χ3n) is 2.58. The van der Waals surface area contributed by atoms with Gasteiger partial charge in [0, 0.05) is 16.2 Å². The fourth-order valence-electron chi connectivity index (χ4n) is 1.68. The Morgan fingerprint density at radius 3 is 2.40 bits per heavy atom. The maximum atomic E-state index is 11.2. The molecule has 0 aliphatic rings. The number of carboxylic acids is 1. The number of hydrogen-bond acceptors (Lipinski definition) is 4. The molecule has 0 heterocycles. The molecule has 0 saturated carbocycles. The third-order valence-corrected chi connectivity index (χ3v) is 3.11. The highest BCUT2D eigenvalue weighted by molar-refractivity contribution is 9.10. The van der Waals surface area contributed by atoms with Crippen LogP contribution in [0.1, 0.15) is 10.4 Å². The average Bonchev–Trinajstić information content (AvgIpc) is 2.41. The van der Waals surface area contributed by atoms with Crippen LogP contribution in [0.5, 0.6) is 0 Å². The number of para-hydroxylation sites is 1. The summed E-state index contributed by atoms with van der Waals surface area (Å²) in [7, 11) is 0. The Kier molecular flexibility index (Phi) is 3.99. The number of halogens is 1. The lowest BCUT2D eigenvalue weighted by Gasteiger charge is -2.10. The average molecular weight is 337 g/mol. The largest absolute Gasteiger partial charge is 0.478 e. The number of nitro benzene ring substituents is 1. The van der Waals surface area contributed by atoms with E-state index in [0.717, 1.165) is 4.47 Å². The monoisotopic (exact) mass is 336 g/mol. The zero-order valence-corrected chi connectivity index (χ0v) is 11.6. The van der Waals surface area contributed by atoms with Crippen LogP contribution >= 0.6 is 15.9 Å². The highest BCUT2D eigenvalue weighted by atomic mass is 79.9. The second-order valence-corrected chi connectivity index (χ2v) is 4.81. The number of carbonyl (C=O) groups is 1. The maximum Gasteiger partial charge on any atom is 0.338 e. The lowest BCUT2D eigenvalue weighted by molar-refractivity contribution is -0.383. The van der Waals surface area contributed by atoms with E-state index < -0.39 is 10.9 Å². The van der Waals surface area contributed by atoms with Crippen LogP contribution in [0.4, 0.5) is 17.1 Å². The van der Waals surface area contributed by atoms with Gasteiger partial charge in [-0.3, -0.25) is 10.1 Å². The van der Waals surface area contributed by atoms with Crippen LogP contribution in [0.3, 0.4) is 0 Å². The smallest absolute Gasteiger partial charge is 0.338 e. The Bertz CT molecular complexity index is 638. The number of nitrogens with zero attached hydrogens (tertiary/aromatic N) is 1. The van der Waals surface area contributed by atoms with E-state index in [2.05, 4.69) is 21.2 Å². The normalized spacial score (nSPS) is 10.1. The van der Waals surface area contributed by atoms with Crippen molar-refractivity contribution in [3.63, 3.8) is 0 Å². The zero-order chi connectivity index (χ0) is 14.7. The van der Waals surface area contributed by atoms with Crippen LogP contribution in [-0.2, 0) is 0 Å². The molecule has 0 aliphatic heterocycles. The molecule has 0 amide bonds. The molecule has 2 N–H and O–H groups in total. The van der Waals surface area contributed by atoms with E-state index in [1.165, 1.54) is 18.2 Å². The first-order valence-corrected chi connectivity index (χ1v) is 6.31. The molecule has 0 fully saturated rings. The van der Waals surface area contributed by atoms with Crippen molar-refractivity contribution < 1.29 is 14.8 Å². The van der Waals surface area contributed by atoms with Gasteiger partial charge in [0.05, 0.1) is 10.5 Å². The van der Waals surface area contributed by atoms with Gasteiger partial charge >= 0.3 is 5.97 Å². The molecular weight excluding hydrogens is 328 g/mol. The third kappa shape index (κ3) is 2.94.